The summed E-state index contributed by atoms with van der Waals surface area (Å²) in [6.07, 6.45) is 1.86. The molecule has 1 aromatic carbocycles. The lowest BCUT2D eigenvalue weighted by molar-refractivity contribution is -0.143. The van der Waals surface area contributed by atoms with Gasteiger partial charge in [-0.2, -0.15) is 0 Å². The molecule has 4 amide bonds. The zero-order valence-electron chi connectivity index (χ0n) is 22.9. The molecule has 0 saturated heterocycles. The number of carbonyl (C=O) groups is 4. The van der Waals surface area contributed by atoms with Crippen molar-refractivity contribution in [1.29, 1.82) is 0 Å². The second-order valence-electron chi connectivity index (χ2n) is 10.1. The Morgan fingerprint density at radius 3 is 2.11 bits per heavy atom. The molecule has 0 aliphatic heterocycles. The molecule has 0 aliphatic rings. The summed E-state index contributed by atoms with van der Waals surface area (Å²) < 4.78 is 5.30. The maximum absolute atomic E-state index is 13.9. The predicted octanol–water partition coefficient (Wildman–Crippen LogP) is 3.66. The van der Waals surface area contributed by atoms with Crippen molar-refractivity contribution in [3.63, 3.8) is 0 Å². The van der Waals surface area contributed by atoms with Crippen molar-refractivity contribution in [2.75, 3.05) is 13.1 Å². The lowest BCUT2D eigenvalue weighted by atomic mass is 9.93. The Bertz CT molecular complexity index is 890. The van der Waals surface area contributed by atoms with Gasteiger partial charge in [0.2, 0.25) is 17.7 Å². The molecule has 0 aromatic heterocycles. The third kappa shape index (κ3) is 9.87. The molecular weight excluding hydrogens is 460 g/mol. The van der Waals surface area contributed by atoms with Crippen molar-refractivity contribution in [2.45, 2.75) is 98.3 Å². The van der Waals surface area contributed by atoms with Gasteiger partial charge in [-0.05, 0) is 64.2 Å². The number of aryl methyl sites for hydroxylation is 2. The van der Waals surface area contributed by atoms with E-state index >= 15 is 0 Å². The topological polar surface area (TPSA) is 131 Å². The number of unbranched alkanes of at least 4 members (excludes halogenated alkanes) is 2. The lowest BCUT2D eigenvalue weighted by Gasteiger charge is -2.35. The highest BCUT2D eigenvalue weighted by atomic mass is 16.6. The highest BCUT2D eigenvalue weighted by Crippen LogP contribution is 2.29. The van der Waals surface area contributed by atoms with E-state index in [-0.39, 0.29) is 12.5 Å². The molecule has 9 heteroatoms. The van der Waals surface area contributed by atoms with Crippen LogP contribution in [0.15, 0.2) is 18.2 Å². The summed E-state index contributed by atoms with van der Waals surface area (Å²) in [4.78, 5) is 53.3. The number of primary amides is 1. The van der Waals surface area contributed by atoms with Crippen LogP contribution < -0.4 is 16.4 Å². The molecule has 202 valence electrons. The van der Waals surface area contributed by atoms with Gasteiger partial charge in [-0.1, -0.05) is 44.9 Å². The summed E-state index contributed by atoms with van der Waals surface area (Å²) >= 11 is 0. The van der Waals surface area contributed by atoms with Crippen molar-refractivity contribution in [3.8, 4) is 0 Å². The minimum atomic E-state index is -1.27. The van der Waals surface area contributed by atoms with E-state index in [1.807, 2.05) is 45.9 Å². The quantitative estimate of drug-likeness (QED) is 0.353. The first-order chi connectivity index (χ1) is 16.8. The van der Waals surface area contributed by atoms with Crippen LogP contribution in [-0.2, 0) is 19.1 Å². The Morgan fingerprint density at radius 1 is 1.03 bits per heavy atom. The molecule has 4 N–H and O–H groups in total. The molecule has 0 fully saturated rings. The number of nitrogens with one attached hydrogen (secondary N) is 2. The molecule has 9 nitrogen and oxygen atoms in total. The number of benzene rings is 1. The molecule has 36 heavy (non-hydrogen) atoms. The van der Waals surface area contributed by atoms with Crippen LogP contribution in [0, 0.1) is 13.8 Å². The van der Waals surface area contributed by atoms with Crippen LogP contribution in [0.5, 0.6) is 0 Å². The highest BCUT2D eigenvalue weighted by molar-refractivity contribution is 5.94. The number of nitrogens with two attached hydrogens (primary N) is 1. The van der Waals surface area contributed by atoms with Crippen LogP contribution in [-0.4, -0.2) is 53.4 Å². The average molecular weight is 505 g/mol. The van der Waals surface area contributed by atoms with E-state index in [4.69, 9.17) is 10.5 Å². The highest BCUT2D eigenvalue weighted by Gasteiger charge is 2.37. The summed E-state index contributed by atoms with van der Waals surface area (Å²) in [5.41, 5.74) is 7.09. The first kappa shape index (κ1) is 30.9. The third-order valence-electron chi connectivity index (χ3n) is 5.64. The fourth-order valence-corrected chi connectivity index (χ4v) is 3.92. The van der Waals surface area contributed by atoms with Gasteiger partial charge in [-0.15, -0.1) is 0 Å². The van der Waals surface area contributed by atoms with Gasteiger partial charge in [0.1, 0.15) is 17.7 Å². The summed E-state index contributed by atoms with van der Waals surface area (Å²) in [6.45, 7) is 13.6. The van der Waals surface area contributed by atoms with Gasteiger partial charge in [0.25, 0.3) is 0 Å². The number of hydrogen-bond acceptors (Lipinski definition) is 5. The molecule has 0 heterocycles. The summed E-state index contributed by atoms with van der Waals surface area (Å²) in [7, 11) is 0. The summed E-state index contributed by atoms with van der Waals surface area (Å²) in [6, 6.07) is 3.49. The van der Waals surface area contributed by atoms with Crippen molar-refractivity contribution in [1.82, 2.24) is 15.5 Å². The van der Waals surface area contributed by atoms with Crippen molar-refractivity contribution >= 4 is 23.8 Å². The van der Waals surface area contributed by atoms with E-state index in [1.165, 1.54) is 4.90 Å². The van der Waals surface area contributed by atoms with E-state index in [0.29, 0.717) is 13.0 Å². The number of ether oxygens (including phenoxy) is 1. The first-order valence-corrected chi connectivity index (χ1v) is 12.7. The predicted molar refractivity (Wildman–Crippen MR) is 140 cm³/mol. The molecule has 0 spiro atoms. The molecule has 1 rings (SSSR count). The molecular formula is C27H44N4O5. The molecule has 0 bridgehead atoms. The van der Waals surface area contributed by atoms with Gasteiger partial charge in [-0.3, -0.25) is 14.4 Å². The second-order valence-corrected chi connectivity index (χ2v) is 10.1. The largest absolute Gasteiger partial charge is 0.444 e. The maximum Gasteiger partial charge on any atom is 0.408 e. The number of hydrogen-bond donors (Lipinski definition) is 3. The standard InChI is InChI=1S/C27H44N4O5/c1-8-10-15-29-24(33)23(22-18(3)13-12-14-19(22)4)31(16-11-9-2)25(34)20(17-21(28)32)30-26(35)36-27(5,6)7/h12-14,20,23H,8-11,15-17H2,1-7H3,(H2,28,32)(H,29,33)(H,30,35). The van der Waals surface area contributed by atoms with Crippen LogP contribution in [0.2, 0.25) is 0 Å². The Morgan fingerprint density at radius 2 is 1.61 bits per heavy atom. The lowest BCUT2D eigenvalue weighted by Crippen LogP contribution is -2.54. The number of carbonyl (C=O) groups excluding carboxylic acids is 4. The van der Waals surface area contributed by atoms with Gasteiger partial charge in [0.15, 0.2) is 0 Å². The molecule has 0 radical (unpaired) electrons. The minimum Gasteiger partial charge on any atom is -0.444 e. The van der Waals surface area contributed by atoms with Gasteiger partial charge >= 0.3 is 6.09 Å². The van der Waals surface area contributed by atoms with E-state index in [9.17, 15) is 19.2 Å². The maximum atomic E-state index is 13.9. The number of nitrogens with zero attached hydrogens (tertiary/aromatic N) is 1. The van der Waals surface area contributed by atoms with Gasteiger partial charge < -0.3 is 26.0 Å². The van der Waals surface area contributed by atoms with E-state index in [0.717, 1.165) is 36.0 Å². The minimum absolute atomic E-state index is 0.264. The van der Waals surface area contributed by atoms with Crippen molar-refractivity contribution < 1.29 is 23.9 Å². The first-order valence-electron chi connectivity index (χ1n) is 12.7. The van der Waals surface area contributed by atoms with Crippen LogP contribution in [0.4, 0.5) is 4.79 Å². The summed E-state index contributed by atoms with van der Waals surface area (Å²) in [5, 5.41) is 5.47. The Kier molecular flexibility index (Phi) is 12.4. The Balaban J connectivity index is 3.53. The zero-order chi connectivity index (χ0) is 27.5. The molecule has 0 aliphatic carbocycles. The van der Waals surface area contributed by atoms with E-state index < -0.39 is 42.0 Å². The second kappa shape index (κ2) is 14.5. The number of alkyl carbamates (subject to hydrolysis) is 1. The van der Waals surface area contributed by atoms with Gasteiger partial charge in [0, 0.05) is 13.1 Å². The van der Waals surface area contributed by atoms with Crippen LogP contribution in [0.25, 0.3) is 0 Å². The van der Waals surface area contributed by atoms with Crippen LogP contribution >= 0.6 is 0 Å². The van der Waals surface area contributed by atoms with Crippen molar-refractivity contribution in [3.05, 3.63) is 34.9 Å². The molecule has 1 aromatic rings. The third-order valence-corrected chi connectivity index (χ3v) is 5.64. The fourth-order valence-electron chi connectivity index (χ4n) is 3.92. The molecule has 2 unspecified atom stereocenters. The molecule has 0 saturated carbocycles. The van der Waals surface area contributed by atoms with Gasteiger partial charge in [0.05, 0.1) is 6.42 Å². The summed E-state index contributed by atoms with van der Waals surface area (Å²) in [5.74, 6) is -1.62. The Hall–Kier alpha value is -3.10. The fraction of sp³-hybridized carbons (Fsp3) is 0.630. The normalized spacial score (nSPS) is 12.9. The Labute approximate surface area is 215 Å². The van der Waals surface area contributed by atoms with Crippen molar-refractivity contribution in [2.24, 2.45) is 5.73 Å². The van der Waals surface area contributed by atoms with E-state index in [2.05, 4.69) is 10.6 Å². The van der Waals surface area contributed by atoms with Crippen LogP contribution in [0.3, 0.4) is 0 Å². The molecule has 2 atom stereocenters. The van der Waals surface area contributed by atoms with Crippen LogP contribution in [0.1, 0.15) is 89.5 Å². The average Bonchev–Trinajstić information content (AvgIpc) is 2.75. The zero-order valence-corrected chi connectivity index (χ0v) is 22.9. The number of rotatable bonds is 13. The van der Waals surface area contributed by atoms with Gasteiger partial charge in [-0.25, -0.2) is 4.79 Å². The SMILES string of the molecule is CCCCNC(=O)C(c1c(C)cccc1C)N(CCCC)C(=O)C(CC(N)=O)NC(=O)OC(C)(C)C. The number of amides is 4. The van der Waals surface area contributed by atoms with E-state index in [1.54, 1.807) is 20.8 Å². The monoisotopic (exact) mass is 504 g/mol. The smallest absolute Gasteiger partial charge is 0.408 e.